The summed E-state index contributed by atoms with van der Waals surface area (Å²) in [5, 5.41) is 3.52. The van der Waals surface area contributed by atoms with Crippen molar-refractivity contribution < 1.29 is 4.79 Å². The van der Waals surface area contributed by atoms with Gasteiger partial charge in [-0.15, -0.1) is 0 Å². The lowest BCUT2D eigenvalue weighted by molar-refractivity contribution is 0.104. The fraction of sp³-hybridized carbons (Fsp3) is 0.250. The fourth-order valence-electron chi connectivity index (χ4n) is 2.54. The van der Waals surface area contributed by atoms with Crippen LogP contribution in [0.1, 0.15) is 22.8 Å². The van der Waals surface area contributed by atoms with Gasteiger partial charge in [0, 0.05) is 23.0 Å². The van der Waals surface area contributed by atoms with E-state index in [9.17, 15) is 4.79 Å². The first-order valence-corrected chi connectivity index (χ1v) is 8.91. The van der Waals surface area contributed by atoms with Gasteiger partial charge in [0.25, 0.3) is 0 Å². The zero-order valence-corrected chi connectivity index (χ0v) is 15.1. The van der Waals surface area contributed by atoms with Crippen LogP contribution in [0.4, 0.5) is 0 Å². The Hall–Kier alpha value is -2.04. The van der Waals surface area contributed by atoms with E-state index in [2.05, 4.69) is 31.2 Å². The van der Waals surface area contributed by atoms with Gasteiger partial charge in [0.1, 0.15) is 0 Å². The lowest BCUT2D eigenvalue weighted by Gasteiger charge is -2.22. The van der Waals surface area contributed by atoms with Gasteiger partial charge in [-0.25, -0.2) is 0 Å². The molecule has 3 rings (SSSR count). The van der Waals surface area contributed by atoms with Gasteiger partial charge in [0.15, 0.2) is 0 Å². The van der Waals surface area contributed by atoms with Crippen LogP contribution in [0.2, 0.25) is 0 Å². The molecule has 124 valence electrons. The number of benzene rings is 2. The summed E-state index contributed by atoms with van der Waals surface area (Å²) in [6, 6.07) is 18.3. The van der Waals surface area contributed by atoms with Crippen LogP contribution >= 0.6 is 11.8 Å². The molecular weight excluding hydrogens is 316 g/mol. The van der Waals surface area contributed by atoms with E-state index in [-0.39, 0.29) is 5.78 Å². The molecule has 0 radical (unpaired) electrons. The van der Waals surface area contributed by atoms with Gasteiger partial charge in [0.2, 0.25) is 5.78 Å². The van der Waals surface area contributed by atoms with Gasteiger partial charge in [-0.05, 0) is 38.7 Å². The Bertz CT molecular complexity index is 768. The van der Waals surface area contributed by atoms with Gasteiger partial charge < -0.3 is 10.2 Å². The normalized spacial score (nSPS) is 16.9. The van der Waals surface area contributed by atoms with Gasteiger partial charge >= 0.3 is 0 Å². The Morgan fingerprint density at radius 2 is 1.75 bits per heavy atom. The molecule has 1 unspecified atom stereocenters. The highest BCUT2D eigenvalue weighted by molar-refractivity contribution is 8.05. The van der Waals surface area contributed by atoms with Crippen LogP contribution in [0.5, 0.6) is 0 Å². The number of likely N-dealkylation sites (N-methyl/N-ethyl adjacent to an activating group) is 1. The van der Waals surface area contributed by atoms with Crippen molar-refractivity contribution in [3.05, 3.63) is 70.6 Å². The Labute approximate surface area is 147 Å². The van der Waals surface area contributed by atoms with Gasteiger partial charge in [0.05, 0.1) is 10.6 Å². The number of allylic oxidation sites excluding steroid dienone is 1. The van der Waals surface area contributed by atoms with E-state index in [1.165, 1.54) is 0 Å². The van der Waals surface area contributed by atoms with Gasteiger partial charge in [-0.2, -0.15) is 0 Å². The SMILES string of the molecule is CC(CN/C(=C1/Sc2ccccc2C1=O)c1ccccc1)N(C)C. The molecule has 2 aromatic carbocycles. The second-order valence-corrected chi connectivity index (χ2v) is 7.24. The highest BCUT2D eigenvalue weighted by Crippen LogP contribution is 2.42. The minimum absolute atomic E-state index is 0.111. The third-order valence-electron chi connectivity index (χ3n) is 4.30. The van der Waals surface area contributed by atoms with Crippen molar-refractivity contribution in [2.24, 2.45) is 0 Å². The van der Waals surface area contributed by atoms with Crippen LogP contribution in [0.15, 0.2) is 64.4 Å². The second kappa shape index (κ2) is 7.24. The Kier molecular flexibility index (Phi) is 5.07. The molecule has 1 heterocycles. The van der Waals surface area contributed by atoms with Gasteiger partial charge in [-0.3, -0.25) is 4.79 Å². The maximum Gasteiger partial charge on any atom is 0.202 e. The third-order valence-corrected chi connectivity index (χ3v) is 5.46. The largest absolute Gasteiger partial charge is 0.382 e. The molecular formula is C20H22N2OS. The lowest BCUT2D eigenvalue weighted by atomic mass is 10.1. The molecule has 4 heteroatoms. The van der Waals surface area contributed by atoms with Gasteiger partial charge in [-0.1, -0.05) is 54.2 Å². The van der Waals surface area contributed by atoms with E-state index in [0.717, 1.165) is 33.2 Å². The predicted octanol–water partition coefficient (Wildman–Crippen LogP) is 3.88. The number of thioether (sulfide) groups is 1. The van der Waals surface area contributed by atoms with E-state index < -0.39 is 0 Å². The number of fused-ring (bicyclic) bond motifs is 1. The zero-order chi connectivity index (χ0) is 17.1. The average Bonchev–Trinajstić information content (AvgIpc) is 2.93. The van der Waals surface area contributed by atoms with Crippen LogP contribution in [-0.2, 0) is 0 Å². The number of hydrogen-bond acceptors (Lipinski definition) is 4. The Morgan fingerprint density at radius 3 is 2.42 bits per heavy atom. The minimum Gasteiger partial charge on any atom is -0.382 e. The maximum absolute atomic E-state index is 12.9. The van der Waals surface area contributed by atoms with Crippen molar-refractivity contribution >= 4 is 23.2 Å². The van der Waals surface area contributed by atoms with Crippen molar-refractivity contribution in [1.82, 2.24) is 10.2 Å². The summed E-state index contributed by atoms with van der Waals surface area (Å²) in [5.74, 6) is 0.111. The molecule has 1 aliphatic rings. The van der Waals surface area contributed by atoms with Crippen LogP contribution in [-0.4, -0.2) is 37.4 Å². The summed E-state index contributed by atoms with van der Waals surface area (Å²) >= 11 is 1.56. The number of carbonyl (C=O) groups excluding carboxylic acids is 1. The highest BCUT2D eigenvalue weighted by atomic mass is 32.2. The second-order valence-electron chi connectivity index (χ2n) is 6.19. The Morgan fingerprint density at radius 1 is 1.08 bits per heavy atom. The molecule has 0 spiro atoms. The van der Waals surface area contributed by atoms with Crippen molar-refractivity contribution in [3.63, 3.8) is 0 Å². The molecule has 0 saturated carbocycles. The lowest BCUT2D eigenvalue weighted by Crippen LogP contribution is -2.35. The van der Waals surface area contributed by atoms with E-state index in [0.29, 0.717) is 6.04 Å². The molecule has 0 amide bonds. The molecule has 1 N–H and O–H groups in total. The number of ketones is 1. The summed E-state index contributed by atoms with van der Waals surface area (Å²) in [6.45, 7) is 2.95. The highest BCUT2D eigenvalue weighted by Gasteiger charge is 2.29. The van der Waals surface area contributed by atoms with E-state index in [1.807, 2.05) is 54.6 Å². The van der Waals surface area contributed by atoms with Crippen molar-refractivity contribution in [1.29, 1.82) is 0 Å². The molecule has 0 aliphatic carbocycles. The van der Waals surface area contributed by atoms with Crippen LogP contribution in [0.3, 0.4) is 0 Å². The van der Waals surface area contributed by atoms with Crippen molar-refractivity contribution in [3.8, 4) is 0 Å². The summed E-state index contributed by atoms with van der Waals surface area (Å²) in [7, 11) is 4.13. The molecule has 0 bridgehead atoms. The summed E-state index contributed by atoms with van der Waals surface area (Å²) in [6.07, 6.45) is 0. The van der Waals surface area contributed by atoms with E-state index in [1.54, 1.807) is 11.8 Å². The first kappa shape index (κ1) is 16.8. The zero-order valence-electron chi connectivity index (χ0n) is 14.2. The van der Waals surface area contributed by atoms with E-state index >= 15 is 0 Å². The number of Topliss-reactive ketones (excluding diaryl/α,β-unsaturated/α-hetero) is 1. The molecule has 1 aliphatic heterocycles. The summed E-state index contributed by atoms with van der Waals surface area (Å²) in [5.41, 5.74) is 2.77. The van der Waals surface area contributed by atoms with Crippen LogP contribution in [0.25, 0.3) is 5.70 Å². The monoisotopic (exact) mass is 338 g/mol. The topological polar surface area (TPSA) is 32.3 Å². The molecule has 2 aromatic rings. The number of nitrogens with zero attached hydrogens (tertiary/aromatic N) is 1. The molecule has 0 aromatic heterocycles. The number of nitrogens with one attached hydrogen (secondary N) is 1. The number of rotatable bonds is 5. The van der Waals surface area contributed by atoms with Crippen molar-refractivity contribution in [2.45, 2.75) is 17.9 Å². The third kappa shape index (κ3) is 3.40. The first-order chi connectivity index (χ1) is 11.6. The molecule has 0 fully saturated rings. The van der Waals surface area contributed by atoms with Crippen molar-refractivity contribution in [2.75, 3.05) is 20.6 Å². The smallest absolute Gasteiger partial charge is 0.202 e. The fourth-order valence-corrected chi connectivity index (χ4v) is 3.67. The Balaban J connectivity index is 1.98. The standard InChI is InChI=1S/C20H22N2OS/c1-14(22(2)3)13-21-18(15-9-5-4-6-10-15)20-19(23)16-11-7-8-12-17(16)24-20/h4-12,14,21H,13H2,1-3H3/b20-18+. The summed E-state index contributed by atoms with van der Waals surface area (Å²) in [4.78, 5) is 16.8. The summed E-state index contributed by atoms with van der Waals surface area (Å²) < 4.78 is 0. The molecule has 0 saturated heterocycles. The first-order valence-electron chi connectivity index (χ1n) is 8.09. The quantitative estimate of drug-likeness (QED) is 0.839. The molecule has 24 heavy (non-hydrogen) atoms. The van der Waals surface area contributed by atoms with Crippen LogP contribution < -0.4 is 5.32 Å². The average molecular weight is 338 g/mol. The minimum atomic E-state index is 0.111. The molecule has 3 nitrogen and oxygen atoms in total. The number of carbonyl (C=O) groups is 1. The number of hydrogen-bond donors (Lipinski definition) is 1. The maximum atomic E-state index is 12.9. The predicted molar refractivity (Wildman–Crippen MR) is 101 cm³/mol. The van der Waals surface area contributed by atoms with E-state index in [4.69, 9.17) is 0 Å². The molecule has 1 atom stereocenters. The van der Waals surface area contributed by atoms with Crippen LogP contribution in [0, 0.1) is 0 Å².